The van der Waals surface area contributed by atoms with E-state index in [1.54, 1.807) is 20.5 Å². The van der Waals surface area contributed by atoms with Gasteiger partial charge < -0.3 is 9.80 Å². The largest absolute Gasteiger partial charge is 0.336 e. The normalized spacial score (nSPS) is 13.9. The number of amides is 1. The summed E-state index contributed by atoms with van der Waals surface area (Å²) in [5, 5.41) is 16.2. The summed E-state index contributed by atoms with van der Waals surface area (Å²) >= 11 is 0. The maximum atomic E-state index is 12.8. The van der Waals surface area contributed by atoms with Crippen molar-refractivity contribution in [3.63, 3.8) is 0 Å². The Hall–Kier alpha value is -4.34. The highest BCUT2D eigenvalue weighted by Crippen LogP contribution is 2.17. The van der Waals surface area contributed by atoms with Crippen LogP contribution in [0, 0.1) is 0 Å². The van der Waals surface area contributed by atoms with Crippen LogP contribution in [0.1, 0.15) is 10.4 Å². The first-order valence-electron chi connectivity index (χ1n) is 10.2. The number of carbonyl (C=O) groups is 2. The summed E-state index contributed by atoms with van der Waals surface area (Å²) in [4.78, 5) is 29.1. The number of anilines is 1. The van der Waals surface area contributed by atoms with Crippen molar-refractivity contribution in [3.8, 4) is 11.4 Å². The molecule has 0 radical (unpaired) electrons. The van der Waals surface area contributed by atoms with E-state index >= 15 is 0 Å². The molecule has 0 aliphatic carbocycles. The topological polar surface area (TPSA) is 102 Å². The Kier molecular flexibility index (Phi) is 5.16. The summed E-state index contributed by atoms with van der Waals surface area (Å²) in [5.74, 6) is -0.478. The highest BCUT2D eigenvalue weighted by atomic mass is 16.2. The lowest BCUT2D eigenvalue weighted by molar-refractivity contribution is -0.126. The number of rotatable bonds is 5. The molecule has 2 aromatic heterocycles. The SMILES string of the molecule is O=C(C(=O)N1CCN(c2nnnn2-c2ccccc2)CC1)c1cnn(-c2ccccc2)c1. The molecule has 160 valence electrons. The van der Waals surface area contributed by atoms with Crippen molar-refractivity contribution in [2.24, 2.45) is 0 Å². The van der Waals surface area contributed by atoms with E-state index in [-0.39, 0.29) is 5.56 Å². The zero-order chi connectivity index (χ0) is 21.9. The highest BCUT2D eigenvalue weighted by molar-refractivity contribution is 6.42. The Bertz CT molecular complexity index is 1230. The zero-order valence-corrected chi connectivity index (χ0v) is 17.2. The van der Waals surface area contributed by atoms with Gasteiger partial charge in [0.15, 0.2) is 0 Å². The standard InChI is InChI=1S/C22H20N8O2/c31-20(17-15-23-29(16-17)18-7-3-1-4-8-18)21(32)27-11-13-28(14-12-27)22-24-25-26-30(22)19-9-5-2-6-10-19/h1-10,15-16H,11-14H2. The van der Waals surface area contributed by atoms with Gasteiger partial charge in [-0.1, -0.05) is 41.5 Å². The lowest BCUT2D eigenvalue weighted by Crippen LogP contribution is -2.51. The molecule has 1 fully saturated rings. The van der Waals surface area contributed by atoms with Crippen molar-refractivity contribution in [2.45, 2.75) is 0 Å². The van der Waals surface area contributed by atoms with E-state index in [0.29, 0.717) is 32.1 Å². The minimum absolute atomic E-state index is 0.273. The van der Waals surface area contributed by atoms with Crippen LogP contribution in [0.25, 0.3) is 11.4 Å². The number of aromatic nitrogens is 6. The van der Waals surface area contributed by atoms with Gasteiger partial charge in [0.1, 0.15) is 0 Å². The summed E-state index contributed by atoms with van der Waals surface area (Å²) < 4.78 is 3.25. The van der Waals surface area contributed by atoms with Gasteiger partial charge >= 0.3 is 0 Å². The molecule has 10 heteroatoms. The van der Waals surface area contributed by atoms with Gasteiger partial charge in [-0.25, -0.2) is 4.68 Å². The van der Waals surface area contributed by atoms with E-state index in [9.17, 15) is 9.59 Å². The maximum Gasteiger partial charge on any atom is 0.295 e. The third kappa shape index (κ3) is 3.73. The summed E-state index contributed by atoms with van der Waals surface area (Å²) in [6.45, 7) is 1.85. The van der Waals surface area contributed by atoms with Crippen LogP contribution in [0.4, 0.5) is 5.95 Å². The molecule has 0 atom stereocenters. The molecule has 2 aromatic carbocycles. The first-order valence-corrected chi connectivity index (χ1v) is 10.2. The third-order valence-corrected chi connectivity index (χ3v) is 5.36. The van der Waals surface area contributed by atoms with E-state index < -0.39 is 11.7 Å². The van der Waals surface area contributed by atoms with Crippen LogP contribution in [0.5, 0.6) is 0 Å². The monoisotopic (exact) mass is 428 g/mol. The number of tetrazole rings is 1. The number of nitrogens with zero attached hydrogens (tertiary/aromatic N) is 8. The van der Waals surface area contributed by atoms with Crippen LogP contribution >= 0.6 is 0 Å². The summed E-state index contributed by atoms with van der Waals surface area (Å²) in [6, 6.07) is 19.1. The molecule has 0 bridgehead atoms. The molecule has 1 aliphatic heterocycles. The summed E-state index contributed by atoms with van der Waals surface area (Å²) in [5.41, 5.74) is 1.95. The lowest BCUT2D eigenvalue weighted by atomic mass is 10.2. The number of piperazine rings is 1. The van der Waals surface area contributed by atoms with Gasteiger partial charge in [0.2, 0.25) is 5.95 Å². The summed E-state index contributed by atoms with van der Waals surface area (Å²) in [7, 11) is 0. The summed E-state index contributed by atoms with van der Waals surface area (Å²) in [6.07, 6.45) is 3.01. The minimum atomic E-state index is -0.560. The van der Waals surface area contributed by atoms with Gasteiger partial charge in [-0.15, -0.1) is 0 Å². The second-order valence-electron chi connectivity index (χ2n) is 7.34. The molecule has 1 amide bonds. The number of hydrogen-bond donors (Lipinski definition) is 0. The van der Waals surface area contributed by atoms with Crippen LogP contribution < -0.4 is 4.90 Å². The Balaban J connectivity index is 1.24. The predicted octanol–water partition coefficient (Wildman–Crippen LogP) is 1.38. The molecule has 0 saturated carbocycles. The van der Waals surface area contributed by atoms with Crippen LogP contribution in [0.2, 0.25) is 0 Å². The maximum absolute atomic E-state index is 12.8. The van der Waals surface area contributed by atoms with Crippen molar-refractivity contribution in [3.05, 3.63) is 78.6 Å². The average molecular weight is 428 g/mol. The van der Waals surface area contributed by atoms with Gasteiger partial charge in [0.05, 0.1) is 23.1 Å². The number of ketones is 1. The number of para-hydroxylation sites is 2. The molecule has 4 aromatic rings. The minimum Gasteiger partial charge on any atom is -0.336 e. The van der Waals surface area contributed by atoms with Crippen LogP contribution in [0.3, 0.4) is 0 Å². The highest BCUT2D eigenvalue weighted by Gasteiger charge is 2.29. The number of Topliss-reactive ketones (excluding diaryl/α,β-unsaturated/α-hetero) is 1. The van der Waals surface area contributed by atoms with Gasteiger partial charge in [-0.3, -0.25) is 9.59 Å². The van der Waals surface area contributed by atoms with Gasteiger partial charge in [0, 0.05) is 32.4 Å². The van der Waals surface area contributed by atoms with Gasteiger partial charge in [-0.2, -0.15) is 9.78 Å². The lowest BCUT2D eigenvalue weighted by Gasteiger charge is -2.34. The smallest absolute Gasteiger partial charge is 0.295 e. The van der Waals surface area contributed by atoms with Crippen molar-refractivity contribution >= 4 is 17.6 Å². The van der Waals surface area contributed by atoms with Gasteiger partial charge in [-0.05, 0) is 34.7 Å². The first kappa shape index (κ1) is 19.6. The van der Waals surface area contributed by atoms with Crippen LogP contribution in [0.15, 0.2) is 73.1 Å². The van der Waals surface area contributed by atoms with E-state index in [0.717, 1.165) is 11.4 Å². The molecule has 0 N–H and O–H groups in total. The second-order valence-corrected chi connectivity index (χ2v) is 7.34. The molecule has 1 aliphatic rings. The number of hydrogen-bond acceptors (Lipinski definition) is 7. The molecule has 5 rings (SSSR count). The molecule has 10 nitrogen and oxygen atoms in total. The van der Waals surface area contributed by atoms with Crippen molar-refractivity contribution in [2.75, 3.05) is 31.1 Å². The Morgan fingerprint density at radius 1 is 0.812 bits per heavy atom. The molecule has 1 saturated heterocycles. The first-order chi connectivity index (χ1) is 15.7. The predicted molar refractivity (Wildman–Crippen MR) is 116 cm³/mol. The third-order valence-electron chi connectivity index (χ3n) is 5.36. The van der Waals surface area contributed by atoms with Crippen LogP contribution in [-0.4, -0.2) is 72.8 Å². The molecule has 3 heterocycles. The average Bonchev–Trinajstić information content (AvgIpc) is 3.55. The van der Waals surface area contributed by atoms with Gasteiger partial charge in [0.25, 0.3) is 11.7 Å². The fourth-order valence-electron chi connectivity index (χ4n) is 3.65. The Morgan fingerprint density at radius 2 is 1.47 bits per heavy atom. The van der Waals surface area contributed by atoms with E-state index in [4.69, 9.17) is 0 Å². The fraction of sp³-hybridized carbons (Fsp3) is 0.182. The number of carbonyl (C=O) groups excluding carboxylic acids is 2. The quantitative estimate of drug-likeness (QED) is 0.350. The van der Waals surface area contributed by atoms with E-state index in [1.807, 2.05) is 65.6 Å². The molecule has 0 spiro atoms. The Morgan fingerprint density at radius 3 is 2.16 bits per heavy atom. The van der Waals surface area contributed by atoms with Crippen molar-refractivity contribution in [1.29, 1.82) is 0 Å². The van der Waals surface area contributed by atoms with Crippen LogP contribution in [-0.2, 0) is 4.79 Å². The fourth-order valence-corrected chi connectivity index (χ4v) is 3.65. The van der Waals surface area contributed by atoms with E-state index in [2.05, 4.69) is 20.6 Å². The molecular weight excluding hydrogens is 408 g/mol. The zero-order valence-electron chi connectivity index (χ0n) is 17.2. The van der Waals surface area contributed by atoms with E-state index in [1.165, 1.54) is 6.20 Å². The van der Waals surface area contributed by atoms with Crippen molar-refractivity contribution < 1.29 is 9.59 Å². The van der Waals surface area contributed by atoms with Crippen molar-refractivity contribution in [1.82, 2.24) is 34.9 Å². The number of benzene rings is 2. The molecule has 0 unspecified atom stereocenters. The molecular formula is C22H20N8O2. The Labute approximate surface area is 183 Å². The second kappa shape index (κ2) is 8.42. The molecule has 32 heavy (non-hydrogen) atoms.